The molecule has 9 heteroatoms. The third-order valence-electron chi connectivity index (χ3n) is 3.31. The maximum Gasteiger partial charge on any atom is 0.410 e. The fraction of sp³-hybridized carbons (Fsp3) is 0.600. The van der Waals surface area contributed by atoms with Gasteiger partial charge in [-0.1, -0.05) is 11.6 Å². The molecule has 2 rings (SSSR count). The number of amides is 2. The molecule has 1 aliphatic rings. The normalized spacial score (nSPS) is 15.2. The van der Waals surface area contributed by atoms with Crippen LogP contribution in [0.3, 0.4) is 0 Å². The van der Waals surface area contributed by atoms with E-state index in [1.165, 1.54) is 6.92 Å². The van der Waals surface area contributed by atoms with Gasteiger partial charge in [0.2, 0.25) is 5.91 Å². The highest BCUT2D eigenvalue weighted by Crippen LogP contribution is 2.27. The molecule has 1 saturated heterocycles. The van der Waals surface area contributed by atoms with Crippen molar-refractivity contribution in [3.63, 3.8) is 0 Å². The van der Waals surface area contributed by atoms with Crippen LogP contribution in [0.5, 0.6) is 0 Å². The molecule has 0 aliphatic carbocycles. The van der Waals surface area contributed by atoms with E-state index >= 15 is 0 Å². The molecule has 2 amide bonds. The van der Waals surface area contributed by atoms with E-state index in [1.807, 2.05) is 25.7 Å². The average Bonchev–Trinajstić information content (AvgIpc) is 2.47. The Kier molecular flexibility index (Phi) is 5.48. The number of aromatic nitrogens is 2. The van der Waals surface area contributed by atoms with Gasteiger partial charge in [-0.05, 0) is 20.8 Å². The summed E-state index contributed by atoms with van der Waals surface area (Å²) in [4.78, 5) is 27.1. The quantitative estimate of drug-likeness (QED) is 0.874. The maximum atomic E-state index is 12.1. The lowest BCUT2D eigenvalue weighted by atomic mass is 10.2. The molecule has 1 aromatic heterocycles. The van der Waals surface area contributed by atoms with Gasteiger partial charge in [-0.25, -0.2) is 4.79 Å². The molecular weight excluding hydrogens is 334 g/mol. The predicted molar refractivity (Wildman–Crippen MR) is 91.4 cm³/mol. The lowest BCUT2D eigenvalue weighted by Crippen LogP contribution is -2.50. The third kappa shape index (κ3) is 4.95. The first-order valence-electron chi connectivity index (χ1n) is 7.69. The first kappa shape index (κ1) is 18.3. The van der Waals surface area contributed by atoms with Crippen molar-refractivity contribution in [2.45, 2.75) is 33.3 Å². The molecule has 132 valence electrons. The molecule has 1 fully saturated rings. The number of ether oxygens (including phenoxy) is 1. The second kappa shape index (κ2) is 7.21. The van der Waals surface area contributed by atoms with E-state index in [1.54, 1.807) is 11.0 Å². The third-order valence-corrected chi connectivity index (χ3v) is 3.50. The van der Waals surface area contributed by atoms with Gasteiger partial charge in [-0.2, -0.15) is 0 Å². The summed E-state index contributed by atoms with van der Waals surface area (Å²) in [5.41, 5.74) is 0.170. The van der Waals surface area contributed by atoms with E-state index in [-0.39, 0.29) is 17.2 Å². The van der Waals surface area contributed by atoms with Crippen LogP contribution >= 0.6 is 11.6 Å². The molecule has 0 unspecified atom stereocenters. The second-order valence-electron chi connectivity index (χ2n) is 6.54. The fourth-order valence-electron chi connectivity index (χ4n) is 2.31. The van der Waals surface area contributed by atoms with E-state index < -0.39 is 5.60 Å². The molecule has 24 heavy (non-hydrogen) atoms. The largest absolute Gasteiger partial charge is 0.444 e. The second-order valence-corrected chi connectivity index (χ2v) is 6.92. The van der Waals surface area contributed by atoms with Crippen LogP contribution in [-0.4, -0.2) is 58.9 Å². The first-order chi connectivity index (χ1) is 11.2. The van der Waals surface area contributed by atoms with Crippen LogP contribution < -0.4 is 10.2 Å². The molecule has 0 radical (unpaired) electrons. The molecule has 1 aliphatic heterocycles. The van der Waals surface area contributed by atoms with Crippen LogP contribution in [0.2, 0.25) is 5.15 Å². The topological polar surface area (TPSA) is 87.7 Å². The summed E-state index contributed by atoms with van der Waals surface area (Å²) in [5, 5.41) is 10.6. The molecule has 0 atom stereocenters. The molecule has 0 aromatic carbocycles. The number of anilines is 2. The van der Waals surface area contributed by atoms with Gasteiger partial charge in [-0.3, -0.25) is 4.79 Å². The Labute approximate surface area is 146 Å². The number of rotatable bonds is 2. The molecule has 8 nitrogen and oxygen atoms in total. The number of nitrogens with one attached hydrogen (secondary N) is 1. The lowest BCUT2D eigenvalue weighted by Gasteiger charge is -2.37. The predicted octanol–water partition coefficient (Wildman–Crippen LogP) is 2.15. The van der Waals surface area contributed by atoms with E-state index in [0.29, 0.717) is 37.7 Å². The van der Waals surface area contributed by atoms with Gasteiger partial charge in [0, 0.05) is 39.2 Å². The standard InChI is InChI=1S/C15H22ClN5O3/c1-10(22)17-13-11(9-12(16)18-19-13)20-5-7-21(8-6-20)14(23)24-15(2,3)4/h9H,5-8H2,1-4H3,(H,17,19,22). The van der Waals surface area contributed by atoms with E-state index in [0.717, 1.165) is 0 Å². The summed E-state index contributed by atoms with van der Waals surface area (Å²) in [6, 6.07) is 1.66. The van der Waals surface area contributed by atoms with Crippen molar-refractivity contribution in [1.82, 2.24) is 15.1 Å². The van der Waals surface area contributed by atoms with Gasteiger partial charge in [-0.15, -0.1) is 10.2 Å². The van der Waals surface area contributed by atoms with Crippen molar-refractivity contribution < 1.29 is 14.3 Å². The average molecular weight is 356 g/mol. The van der Waals surface area contributed by atoms with Crippen molar-refractivity contribution >= 4 is 35.1 Å². The van der Waals surface area contributed by atoms with Crippen molar-refractivity contribution in [2.24, 2.45) is 0 Å². The van der Waals surface area contributed by atoms with Crippen molar-refractivity contribution in [3.05, 3.63) is 11.2 Å². The highest BCUT2D eigenvalue weighted by molar-refractivity contribution is 6.29. The molecule has 2 heterocycles. The highest BCUT2D eigenvalue weighted by Gasteiger charge is 2.27. The van der Waals surface area contributed by atoms with Crippen LogP contribution in [0.1, 0.15) is 27.7 Å². The van der Waals surface area contributed by atoms with Gasteiger partial charge in [0.15, 0.2) is 11.0 Å². The minimum Gasteiger partial charge on any atom is -0.444 e. The monoisotopic (exact) mass is 355 g/mol. The van der Waals surface area contributed by atoms with Gasteiger partial charge in [0.05, 0.1) is 5.69 Å². The molecular formula is C15H22ClN5O3. The summed E-state index contributed by atoms with van der Waals surface area (Å²) < 4.78 is 5.38. The summed E-state index contributed by atoms with van der Waals surface area (Å²) in [6.07, 6.45) is -0.324. The number of carbonyl (C=O) groups is 2. The van der Waals surface area contributed by atoms with Crippen molar-refractivity contribution in [3.8, 4) is 0 Å². The number of piperazine rings is 1. The number of halogens is 1. The minimum absolute atomic E-state index is 0.236. The molecule has 1 aromatic rings. The first-order valence-corrected chi connectivity index (χ1v) is 8.07. The summed E-state index contributed by atoms with van der Waals surface area (Å²) in [7, 11) is 0. The molecule has 1 N–H and O–H groups in total. The van der Waals surface area contributed by atoms with Crippen LogP contribution in [0, 0.1) is 0 Å². The van der Waals surface area contributed by atoms with Gasteiger partial charge in [0.1, 0.15) is 5.60 Å². The summed E-state index contributed by atoms with van der Waals surface area (Å²) in [5.74, 6) is 0.123. The minimum atomic E-state index is -0.519. The van der Waals surface area contributed by atoms with E-state index in [4.69, 9.17) is 16.3 Å². The van der Waals surface area contributed by atoms with Crippen LogP contribution in [-0.2, 0) is 9.53 Å². The lowest BCUT2D eigenvalue weighted by molar-refractivity contribution is -0.114. The highest BCUT2D eigenvalue weighted by atomic mass is 35.5. The van der Waals surface area contributed by atoms with Crippen LogP contribution in [0.25, 0.3) is 0 Å². The Morgan fingerprint density at radius 3 is 2.38 bits per heavy atom. The summed E-state index contributed by atoms with van der Waals surface area (Å²) in [6.45, 7) is 9.09. The number of hydrogen-bond acceptors (Lipinski definition) is 6. The zero-order valence-corrected chi connectivity index (χ0v) is 15.1. The van der Waals surface area contributed by atoms with Crippen LogP contribution in [0.15, 0.2) is 6.07 Å². The van der Waals surface area contributed by atoms with Crippen molar-refractivity contribution in [1.29, 1.82) is 0 Å². The zero-order chi connectivity index (χ0) is 17.9. The smallest absolute Gasteiger partial charge is 0.410 e. The van der Waals surface area contributed by atoms with Gasteiger partial charge >= 0.3 is 6.09 Å². The molecule has 0 bridgehead atoms. The number of carbonyl (C=O) groups excluding carboxylic acids is 2. The maximum absolute atomic E-state index is 12.1. The Morgan fingerprint density at radius 2 is 1.83 bits per heavy atom. The molecule has 0 saturated carbocycles. The molecule has 0 spiro atoms. The van der Waals surface area contributed by atoms with E-state index in [9.17, 15) is 9.59 Å². The number of hydrogen-bond donors (Lipinski definition) is 1. The SMILES string of the molecule is CC(=O)Nc1nnc(Cl)cc1N1CCN(C(=O)OC(C)(C)C)CC1. The van der Waals surface area contributed by atoms with Crippen LogP contribution in [0.4, 0.5) is 16.3 Å². The van der Waals surface area contributed by atoms with E-state index in [2.05, 4.69) is 15.5 Å². The van der Waals surface area contributed by atoms with Gasteiger partial charge in [0.25, 0.3) is 0 Å². The summed E-state index contributed by atoms with van der Waals surface area (Å²) >= 11 is 5.93. The zero-order valence-electron chi connectivity index (χ0n) is 14.3. The Bertz CT molecular complexity index is 624. The Balaban J connectivity index is 2.05. The Hall–Kier alpha value is -2.09. The fourth-order valence-corrected chi connectivity index (χ4v) is 2.45. The van der Waals surface area contributed by atoms with Crippen molar-refractivity contribution in [2.75, 3.05) is 36.4 Å². The Morgan fingerprint density at radius 1 is 1.21 bits per heavy atom. The number of nitrogens with zero attached hydrogens (tertiary/aromatic N) is 4. The van der Waals surface area contributed by atoms with Gasteiger partial charge < -0.3 is 19.9 Å².